The third-order valence-corrected chi connectivity index (χ3v) is 8.67. The minimum absolute atomic E-state index is 0.00696. The number of sulfonamides is 1. The van der Waals surface area contributed by atoms with Crippen molar-refractivity contribution in [2.75, 3.05) is 31.6 Å². The number of aryl methyl sites for hydroxylation is 1. The molecule has 0 radical (unpaired) electrons. The highest BCUT2D eigenvalue weighted by Gasteiger charge is 2.34. The molecule has 0 saturated heterocycles. The van der Waals surface area contributed by atoms with Crippen LogP contribution in [0, 0.1) is 18.7 Å². The second-order valence-electron chi connectivity index (χ2n) is 10.6. The number of benzene rings is 3. The van der Waals surface area contributed by atoms with Gasteiger partial charge in [0.15, 0.2) is 11.5 Å². The maximum atomic E-state index is 14.2. The van der Waals surface area contributed by atoms with E-state index in [-0.39, 0.29) is 41.1 Å². The van der Waals surface area contributed by atoms with Crippen molar-refractivity contribution < 1.29 is 31.9 Å². The SMILES string of the molecule is CC[C@H](C(=O)NCC(C)C)N(Cc1ccc(F)cc1)C(=O)CN(c1ccc(OC)c(OC)c1)S(=O)(=O)c1ccc(C)cc1. The largest absolute Gasteiger partial charge is 0.493 e. The summed E-state index contributed by atoms with van der Waals surface area (Å²) in [5.41, 5.74) is 1.63. The molecule has 0 saturated carbocycles. The van der Waals surface area contributed by atoms with E-state index < -0.39 is 34.3 Å². The monoisotopic (exact) mass is 613 g/mol. The van der Waals surface area contributed by atoms with Crippen molar-refractivity contribution in [3.8, 4) is 11.5 Å². The minimum atomic E-state index is -4.26. The molecule has 11 heteroatoms. The van der Waals surface area contributed by atoms with Gasteiger partial charge < -0.3 is 19.7 Å². The average molecular weight is 614 g/mol. The highest BCUT2D eigenvalue weighted by Crippen LogP contribution is 2.34. The average Bonchev–Trinajstić information content (AvgIpc) is 2.99. The lowest BCUT2D eigenvalue weighted by molar-refractivity contribution is -0.140. The standard InChI is InChI=1S/C32H40FN3O6S/c1-7-28(32(38)34-19-22(2)3)35(20-24-10-12-25(33)13-11-24)31(37)21-36(26-14-17-29(41-5)30(18-26)42-6)43(39,40)27-15-8-23(4)9-16-27/h8-18,22,28H,7,19-21H2,1-6H3,(H,34,38)/t28-/m1/s1. The van der Waals surface area contributed by atoms with E-state index in [1.807, 2.05) is 20.8 Å². The molecule has 0 spiro atoms. The number of carbonyl (C=O) groups is 2. The molecule has 0 aliphatic heterocycles. The van der Waals surface area contributed by atoms with E-state index in [1.165, 1.54) is 67.7 Å². The van der Waals surface area contributed by atoms with Crippen molar-refractivity contribution in [2.24, 2.45) is 5.92 Å². The fourth-order valence-electron chi connectivity index (χ4n) is 4.47. The zero-order valence-electron chi connectivity index (χ0n) is 25.5. The number of halogens is 1. The number of anilines is 1. The van der Waals surface area contributed by atoms with Crippen LogP contribution < -0.4 is 19.1 Å². The molecule has 2 amide bonds. The second kappa shape index (κ2) is 14.9. The van der Waals surface area contributed by atoms with Gasteiger partial charge in [-0.2, -0.15) is 0 Å². The molecule has 232 valence electrons. The molecule has 0 bridgehead atoms. The zero-order chi connectivity index (χ0) is 31.7. The first-order valence-corrected chi connectivity index (χ1v) is 15.5. The van der Waals surface area contributed by atoms with Crippen LogP contribution in [0.3, 0.4) is 0 Å². The Bertz CT molecular complexity index is 1490. The Morgan fingerprint density at radius 3 is 2.12 bits per heavy atom. The van der Waals surface area contributed by atoms with Crippen LogP contribution in [0.1, 0.15) is 38.3 Å². The van der Waals surface area contributed by atoms with Gasteiger partial charge in [-0.25, -0.2) is 12.8 Å². The van der Waals surface area contributed by atoms with Crippen LogP contribution in [0.25, 0.3) is 0 Å². The molecule has 43 heavy (non-hydrogen) atoms. The van der Waals surface area contributed by atoms with E-state index in [4.69, 9.17) is 9.47 Å². The quantitative estimate of drug-likeness (QED) is 0.277. The Labute approximate surface area is 253 Å². The van der Waals surface area contributed by atoms with Gasteiger partial charge >= 0.3 is 0 Å². The number of ether oxygens (including phenoxy) is 2. The Morgan fingerprint density at radius 2 is 1.56 bits per heavy atom. The van der Waals surface area contributed by atoms with Crippen LogP contribution in [-0.2, 0) is 26.2 Å². The molecule has 1 atom stereocenters. The number of hydrogen-bond acceptors (Lipinski definition) is 6. The predicted octanol–water partition coefficient (Wildman–Crippen LogP) is 4.93. The molecule has 0 aliphatic carbocycles. The van der Waals surface area contributed by atoms with Crippen LogP contribution in [0.5, 0.6) is 11.5 Å². The molecule has 3 aromatic carbocycles. The lowest BCUT2D eigenvalue weighted by Gasteiger charge is -2.33. The number of hydrogen-bond donors (Lipinski definition) is 1. The molecule has 3 rings (SSSR count). The lowest BCUT2D eigenvalue weighted by atomic mass is 10.1. The zero-order valence-corrected chi connectivity index (χ0v) is 26.3. The molecule has 0 heterocycles. The molecule has 1 N–H and O–H groups in total. The van der Waals surface area contributed by atoms with E-state index >= 15 is 0 Å². The van der Waals surface area contributed by atoms with Gasteiger partial charge in [0, 0.05) is 19.2 Å². The maximum Gasteiger partial charge on any atom is 0.264 e. The Hall–Kier alpha value is -4.12. The van der Waals surface area contributed by atoms with E-state index in [0.29, 0.717) is 17.9 Å². The third-order valence-electron chi connectivity index (χ3n) is 6.88. The Morgan fingerprint density at radius 1 is 0.930 bits per heavy atom. The van der Waals surface area contributed by atoms with Crippen LogP contribution in [0.15, 0.2) is 71.6 Å². The highest BCUT2D eigenvalue weighted by molar-refractivity contribution is 7.92. The van der Waals surface area contributed by atoms with Crippen molar-refractivity contribution in [3.63, 3.8) is 0 Å². The molecular formula is C32H40FN3O6S. The van der Waals surface area contributed by atoms with Crippen LogP contribution in [0.2, 0.25) is 0 Å². The van der Waals surface area contributed by atoms with E-state index in [2.05, 4.69) is 5.32 Å². The second-order valence-corrected chi connectivity index (χ2v) is 12.4. The predicted molar refractivity (Wildman–Crippen MR) is 164 cm³/mol. The van der Waals surface area contributed by atoms with Gasteiger partial charge in [0.25, 0.3) is 10.0 Å². The van der Waals surface area contributed by atoms with Gasteiger partial charge in [-0.15, -0.1) is 0 Å². The number of nitrogens with zero attached hydrogens (tertiary/aromatic N) is 2. The van der Waals surface area contributed by atoms with E-state index in [0.717, 1.165) is 9.87 Å². The summed E-state index contributed by atoms with van der Waals surface area (Å²) < 4.78 is 53.5. The van der Waals surface area contributed by atoms with Crippen LogP contribution in [0.4, 0.5) is 10.1 Å². The number of amides is 2. The molecule has 0 unspecified atom stereocenters. The first kappa shape index (κ1) is 33.4. The van der Waals surface area contributed by atoms with Crippen LogP contribution in [-0.4, -0.2) is 58.5 Å². The number of nitrogens with one attached hydrogen (secondary N) is 1. The van der Waals surface area contributed by atoms with Crippen molar-refractivity contribution in [3.05, 3.63) is 83.7 Å². The first-order valence-electron chi connectivity index (χ1n) is 14.0. The number of rotatable bonds is 14. The lowest BCUT2D eigenvalue weighted by Crippen LogP contribution is -2.52. The highest BCUT2D eigenvalue weighted by atomic mass is 32.2. The fraction of sp³-hybridized carbons (Fsp3) is 0.375. The molecule has 0 aliphatic rings. The first-order chi connectivity index (χ1) is 20.4. The van der Waals surface area contributed by atoms with Gasteiger partial charge in [0.1, 0.15) is 18.4 Å². The molecule has 9 nitrogen and oxygen atoms in total. The van der Waals surface area contributed by atoms with Gasteiger partial charge in [-0.3, -0.25) is 13.9 Å². The summed E-state index contributed by atoms with van der Waals surface area (Å²) in [5.74, 6) is -0.558. The summed E-state index contributed by atoms with van der Waals surface area (Å²) in [5, 5.41) is 2.88. The Balaban J connectivity index is 2.10. The van der Waals surface area contributed by atoms with Crippen LogP contribution >= 0.6 is 0 Å². The summed E-state index contributed by atoms with van der Waals surface area (Å²) in [6, 6.07) is 15.6. The minimum Gasteiger partial charge on any atom is -0.493 e. The summed E-state index contributed by atoms with van der Waals surface area (Å²) in [7, 11) is -1.37. The smallest absolute Gasteiger partial charge is 0.264 e. The van der Waals surface area contributed by atoms with Crippen molar-refractivity contribution in [1.29, 1.82) is 0 Å². The fourth-order valence-corrected chi connectivity index (χ4v) is 5.88. The van der Waals surface area contributed by atoms with E-state index in [1.54, 1.807) is 25.1 Å². The molecule has 0 fully saturated rings. The number of carbonyl (C=O) groups excluding carboxylic acids is 2. The van der Waals surface area contributed by atoms with Crippen molar-refractivity contribution in [2.45, 2.75) is 51.6 Å². The maximum absolute atomic E-state index is 14.2. The van der Waals surface area contributed by atoms with Gasteiger partial charge in [-0.1, -0.05) is 50.6 Å². The number of methoxy groups -OCH3 is 2. The van der Waals surface area contributed by atoms with E-state index in [9.17, 15) is 22.4 Å². The van der Waals surface area contributed by atoms with Gasteiger partial charge in [-0.05, 0) is 61.2 Å². The molecule has 3 aromatic rings. The normalized spacial score (nSPS) is 12.0. The molecular weight excluding hydrogens is 573 g/mol. The van der Waals surface area contributed by atoms with Gasteiger partial charge in [0.2, 0.25) is 11.8 Å². The summed E-state index contributed by atoms with van der Waals surface area (Å²) in [6.07, 6.45) is 0.276. The summed E-state index contributed by atoms with van der Waals surface area (Å²) in [6.45, 7) is 7.30. The Kier molecular flexibility index (Phi) is 11.5. The summed E-state index contributed by atoms with van der Waals surface area (Å²) >= 11 is 0. The summed E-state index contributed by atoms with van der Waals surface area (Å²) in [4.78, 5) is 28.8. The topological polar surface area (TPSA) is 105 Å². The van der Waals surface area contributed by atoms with Crippen molar-refractivity contribution >= 4 is 27.5 Å². The molecule has 0 aromatic heterocycles. The van der Waals surface area contributed by atoms with Crippen molar-refractivity contribution in [1.82, 2.24) is 10.2 Å². The third kappa shape index (κ3) is 8.47. The van der Waals surface area contributed by atoms with Gasteiger partial charge in [0.05, 0.1) is 24.8 Å².